The number of benzene rings is 4. The molecular weight excluding hydrogens is 624 g/mol. The SMILES string of the molecule is CCOC(=O)c1nn(-c2ccccc2)c(-c2cccc(-c3cccc(-n4nc(NC(=O)N5CCCCC5)c(C)c4-c4ccccc4)c3)c2)c1C. The topological polar surface area (TPSA) is 94.3 Å². The first-order chi connectivity index (χ1) is 24.4. The average molecular weight is 665 g/mol. The van der Waals surface area contributed by atoms with E-state index in [-0.39, 0.29) is 12.6 Å². The van der Waals surface area contributed by atoms with Gasteiger partial charge in [-0.2, -0.15) is 5.10 Å². The highest BCUT2D eigenvalue weighted by molar-refractivity contribution is 5.92. The fourth-order valence-corrected chi connectivity index (χ4v) is 6.66. The fourth-order valence-electron chi connectivity index (χ4n) is 6.66. The number of likely N-dealkylation sites (tertiary alicyclic amines) is 1. The lowest BCUT2D eigenvalue weighted by Gasteiger charge is -2.26. The Morgan fingerprint density at radius 2 is 1.24 bits per heavy atom. The minimum Gasteiger partial charge on any atom is -0.461 e. The van der Waals surface area contributed by atoms with Crippen LogP contribution in [0.4, 0.5) is 10.6 Å². The second-order valence-electron chi connectivity index (χ2n) is 12.5. The summed E-state index contributed by atoms with van der Waals surface area (Å²) in [6.45, 7) is 7.50. The van der Waals surface area contributed by atoms with E-state index in [0.717, 1.165) is 88.5 Å². The van der Waals surface area contributed by atoms with Crippen LogP contribution in [0.2, 0.25) is 0 Å². The minimum atomic E-state index is -0.444. The Labute approximate surface area is 292 Å². The number of rotatable bonds is 8. The van der Waals surface area contributed by atoms with E-state index < -0.39 is 5.97 Å². The number of carbonyl (C=O) groups excluding carboxylic acids is 2. The van der Waals surface area contributed by atoms with E-state index >= 15 is 0 Å². The van der Waals surface area contributed by atoms with Gasteiger partial charge in [0.2, 0.25) is 0 Å². The van der Waals surface area contributed by atoms with Crippen LogP contribution in [0, 0.1) is 13.8 Å². The molecule has 6 aromatic rings. The van der Waals surface area contributed by atoms with Crippen LogP contribution in [0.25, 0.3) is 45.0 Å². The molecule has 2 amide bonds. The number of hydrogen-bond acceptors (Lipinski definition) is 5. The monoisotopic (exact) mass is 664 g/mol. The molecule has 1 aliphatic rings. The molecule has 0 spiro atoms. The quantitative estimate of drug-likeness (QED) is 0.164. The molecule has 4 aromatic carbocycles. The number of esters is 1. The lowest BCUT2D eigenvalue weighted by molar-refractivity contribution is 0.0518. The molecule has 0 unspecified atom stereocenters. The average Bonchev–Trinajstić information content (AvgIpc) is 3.69. The van der Waals surface area contributed by atoms with Crippen molar-refractivity contribution in [2.24, 2.45) is 0 Å². The summed E-state index contributed by atoms with van der Waals surface area (Å²) in [5, 5.41) is 12.8. The Kier molecular flexibility index (Phi) is 9.29. The van der Waals surface area contributed by atoms with Crippen LogP contribution in [0.3, 0.4) is 0 Å². The molecule has 0 saturated carbocycles. The molecule has 0 atom stereocenters. The summed E-state index contributed by atoms with van der Waals surface area (Å²) in [4.78, 5) is 28.0. The van der Waals surface area contributed by atoms with Crippen LogP contribution in [0.5, 0.6) is 0 Å². The number of aromatic nitrogens is 4. The molecule has 1 N–H and O–H groups in total. The van der Waals surface area contributed by atoms with Gasteiger partial charge in [0.25, 0.3) is 0 Å². The Morgan fingerprint density at radius 3 is 1.96 bits per heavy atom. The van der Waals surface area contributed by atoms with Crippen molar-refractivity contribution in [3.63, 3.8) is 0 Å². The predicted molar refractivity (Wildman–Crippen MR) is 197 cm³/mol. The molecule has 0 bridgehead atoms. The van der Waals surface area contributed by atoms with Crippen molar-refractivity contribution in [3.8, 4) is 45.0 Å². The summed E-state index contributed by atoms with van der Waals surface area (Å²) >= 11 is 0. The van der Waals surface area contributed by atoms with Crippen molar-refractivity contribution in [2.45, 2.75) is 40.0 Å². The number of hydrogen-bond donors (Lipinski definition) is 1. The van der Waals surface area contributed by atoms with Gasteiger partial charge < -0.3 is 9.64 Å². The van der Waals surface area contributed by atoms with Gasteiger partial charge in [0, 0.05) is 35.3 Å². The maximum absolute atomic E-state index is 13.2. The zero-order chi connectivity index (χ0) is 34.6. The van der Waals surface area contributed by atoms with Crippen LogP contribution in [0.1, 0.15) is 47.8 Å². The first-order valence-electron chi connectivity index (χ1n) is 17.2. The molecule has 1 aliphatic heterocycles. The third-order valence-electron chi connectivity index (χ3n) is 9.19. The highest BCUT2D eigenvalue weighted by Crippen LogP contribution is 2.35. The third-order valence-corrected chi connectivity index (χ3v) is 9.19. The molecular formula is C41H40N6O3. The van der Waals surface area contributed by atoms with Crippen molar-refractivity contribution < 1.29 is 14.3 Å². The zero-order valence-electron chi connectivity index (χ0n) is 28.6. The summed E-state index contributed by atoms with van der Waals surface area (Å²) in [6.07, 6.45) is 3.19. The zero-order valence-corrected chi connectivity index (χ0v) is 28.6. The normalized spacial score (nSPS) is 12.9. The van der Waals surface area contributed by atoms with Gasteiger partial charge in [-0.3, -0.25) is 5.32 Å². The van der Waals surface area contributed by atoms with E-state index in [1.807, 2.05) is 101 Å². The number of anilines is 1. The Bertz CT molecular complexity index is 2150. The van der Waals surface area contributed by atoms with E-state index in [1.165, 1.54) is 0 Å². The minimum absolute atomic E-state index is 0.112. The van der Waals surface area contributed by atoms with E-state index in [0.29, 0.717) is 11.5 Å². The summed E-state index contributed by atoms with van der Waals surface area (Å²) in [5.41, 5.74) is 9.29. The van der Waals surface area contributed by atoms with Gasteiger partial charge in [-0.15, -0.1) is 5.10 Å². The first-order valence-corrected chi connectivity index (χ1v) is 17.2. The van der Waals surface area contributed by atoms with Crippen molar-refractivity contribution in [1.29, 1.82) is 0 Å². The van der Waals surface area contributed by atoms with E-state index in [9.17, 15) is 9.59 Å². The van der Waals surface area contributed by atoms with E-state index in [2.05, 4.69) is 41.7 Å². The second-order valence-corrected chi connectivity index (χ2v) is 12.5. The number of nitrogens with one attached hydrogen (secondary N) is 1. The molecule has 2 aromatic heterocycles. The molecule has 252 valence electrons. The van der Waals surface area contributed by atoms with Crippen molar-refractivity contribution in [3.05, 3.63) is 126 Å². The molecule has 0 aliphatic carbocycles. The maximum Gasteiger partial charge on any atom is 0.359 e. The lowest BCUT2D eigenvalue weighted by atomic mass is 9.99. The summed E-state index contributed by atoms with van der Waals surface area (Å²) in [7, 11) is 0. The van der Waals surface area contributed by atoms with Crippen LogP contribution in [0.15, 0.2) is 109 Å². The first kappa shape index (κ1) is 32.6. The largest absolute Gasteiger partial charge is 0.461 e. The molecule has 0 radical (unpaired) electrons. The molecule has 50 heavy (non-hydrogen) atoms. The molecule has 9 nitrogen and oxygen atoms in total. The van der Waals surface area contributed by atoms with Crippen LogP contribution in [-0.2, 0) is 4.74 Å². The number of para-hydroxylation sites is 1. The van der Waals surface area contributed by atoms with Crippen molar-refractivity contribution >= 4 is 17.8 Å². The number of nitrogens with zero attached hydrogens (tertiary/aromatic N) is 5. The Morgan fingerprint density at radius 1 is 0.660 bits per heavy atom. The Hall–Kier alpha value is -5.96. The number of piperidine rings is 1. The van der Waals surface area contributed by atoms with Crippen LogP contribution < -0.4 is 5.32 Å². The van der Waals surface area contributed by atoms with Crippen LogP contribution >= 0.6 is 0 Å². The van der Waals surface area contributed by atoms with Gasteiger partial charge in [-0.05, 0) is 81.5 Å². The number of urea groups is 1. The number of amides is 2. The highest BCUT2D eigenvalue weighted by atomic mass is 16.5. The van der Waals surface area contributed by atoms with Crippen molar-refractivity contribution in [1.82, 2.24) is 24.5 Å². The summed E-state index contributed by atoms with van der Waals surface area (Å²) in [5.74, 6) is 0.105. The molecule has 9 heteroatoms. The second kappa shape index (κ2) is 14.3. The highest BCUT2D eigenvalue weighted by Gasteiger charge is 2.25. The predicted octanol–water partition coefficient (Wildman–Crippen LogP) is 8.87. The van der Waals surface area contributed by atoms with Gasteiger partial charge in [0.05, 0.1) is 29.4 Å². The van der Waals surface area contributed by atoms with Gasteiger partial charge in [0.15, 0.2) is 11.5 Å². The van der Waals surface area contributed by atoms with Gasteiger partial charge in [0.1, 0.15) is 0 Å². The third kappa shape index (κ3) is 6.42. The number of carbonyl (C=O) groups is 2. The fraction of sp³-hybridized carbons (Fsp3) is 0.220. The van der Waals surface area contributed by atoms with Crippen LogP contribution in [-0.4, -0.2) is 56.2 Å². The molecule has 3 heterocycles. The smallest absolute Gasteiger partial charge is 0.359 e. The summed E-state index contributed by atoms with van der Waals surface area (Å²) in [6, 6.07) is 36.3. The van der Waals surface area contributed by atoms with Gasteiger partial charge in [-0.1, -0.05) is 78.9 Å². The molecule has 7 rings (SSSR count). The van der Waals surface area contributed by atoms with Gasteiger partial charge in [-0.25, -0.2) is 19.0 Å². The van der Waals surface area contributed by atoms with Gasteiger partial charge >= 0.3 is 12.0 Å². The van der Waals surface area contributed by atoms with E-state index in [1.54, 1.807) is 6.92 Å². The van der Waals surface area contributed by atoms with Crippen molar-refractivity contribution in [2.75, 3.05) is 25.0 Å². The summed E-state index contributed by atoms with van der Waals surface area (Å²) < 4.78 is 9.09. The Balaban J connectivity index is 1.29. The van der Waals surface area contributed by atoms with E-state index in [4.69, 9.17) is 14.9 Å². The standard InChI is InChI=1S/C41H40N6O3/c1-4-50-40(48)36-28(2)37(46(43-36)34-21-10-6-11-22-34)33-20-14-18-31(26-33)32-19-15-23-35(27-32)47-38(30-16-8-5-9-17-30)29(3)39(44-47)42-41(49)45-24-12-7-13-25-45/h5-6,8-11,14-23,26-27H,4,7,12-13,24-25H2,1-3H3,(H,42,44,49). The molecule has 1 saturated heterocycles. The lowest BCUT2D eigenvalue weighted by Crippen LogP contribution is -2.38. The molecule has 1 fully saturated rings. The number of ether oxygens (including phenoxy) is 1. The maximum atomic E-state index is 13.2.